The quantitative estimate of drug-likeness (QED) is 0.416. The van der Waals surface area contributed by atoms with Crippen LogP contribution in [0.1, 0.15) is 29.2 Å². The minimum Gasteiger partial charge on any atom is -0.379 e. The average molecular weight is 431 g/mol. The van der Waals surface area contributed by atoms with Crippen LogP contribution in [0, 0.1) is 13.8 Å². The zero-order valence-electron chi connectivity index (χ0n) is 18.0. The summed E-state index contributed by atoms with van der Waals surface area (Å²) in [4.78, 5) is 4.94. The van der Waals surface area contributed by atoms with Crippen molar-refractivity contribution < 1.29 is 8.42 Å². The van der Waals surface area contributed by atoms with Gasteiger partial charge in [0.15, 0.2) is 0 Å². The second-order valence-corrected chi connectivity index (χ2v) is 9.78. The van der Waals surface area contributed by atoms with Crippen LogP contribution in [-0.2, 0) is 22.8 Å². The van der Waals surface area contributed by atoms with Crippen molar-refractivity contribution in [3.05, 3.63) is 95.2 Å². The maximum atomic E-state index is 13.5. The molecule has 31 heavy (non-hydrogen) atoms. The SMILES string of the molecule is CCc1ccc2ncc(S(=O)(=O)c3ccc(C)cc3)c(NCc3ccc(C)cc3)c2c1. The Morgan fingerprint density at radius 2 is 1.45 bits per heavy atom. The lowest BCUT2D eigenvalue weighted by Gasteiger charge is -2.16. The third-order valence-electron chi connectivity index (χ3n) is 5.52. The van der Waals surface area contributed by atoms with Gasteiger partial charge >= 0.3 is 0 Å². The van der Waals surface area contributed by atoms with Gasteiger partial charge in [0.2, 0.25) is 9.84 Å². The summed E-state index contributed by atoms with van der Waals surface area (Å²) in [7, 11) is -3.73. The molecule has 0 amide bonds. The van der Waals surface area contributed by atoms with E-state index in [4.69, 9.17) is 0 Å². The van der Waals surface area contributed by atoms with Gasteiger partial charge < -0.3 is 5.32 Å². The van der Waals surface area contributed by atoms with Gasteiger partial charge in [-0.1, -0.05) is 60.5 Å². The Morgan fingerprint density at radius 3 is 2.10 bits per heavy atom. The number of nitrogens with zero attached hydrogens (tertiary/aromatic N) is 1. The van der Waals surface area contributed by atoms with Gasteiger partial charge in [0.25, 0.3) is 0 Å². The molecule has 0 aliphatic rings. The highest BCUT2D eigenvalue weighted by atomic mass is 32.2. The van der Waals surface area contributed by atoms with Crippen molar-refractivity contribution in [2.45, 2.75) is 43.5 Å². The number of sulfone groups is 1. The van der Waals surface area contributed by atoms with Crippen molar-refractivity contribution >= 4 is 26.4 Å². The summed E-state index contributed by atoms with van der Waals surface area (Å²) in [6.07, 6.45) is 2.34. The van der Waals surface area contributed by atoms with Crippen molar-refractivity contribution in [1.82, 2.24) is 4.98 Å². The summed E-state index contributed by atoms with van der Waals surface area (Å²) in [6.45, 7) is 6.59. The third-order valence-corrected chi connectivity index (χ3v) is 7.30. The predicted molar refractivity (Wildman–Crippen MR) is 126 cm³/mol. The molecule has 4 rings (SSSR count). The maximum Gasteiger partial charge on any atom is 0.210 e. The first-order valence-electron chi connectivity index (χ1n) is 10.4. The van der Waals surface area contributed by atoms with Crippen molar-refractivity contribution in [3.8, 4) is 0 Å². The van der Waals surface area contributed by atoms with Gasteiger partial charge in [-0.05, 0) is 55.7 Å². The van der Waals surface area contributed by atoms with E-state index in [9.17, 15) is 8.42 Å². The minimum absolute atomic E-state index is 0.198. The fourth-order valence-corrected chi connectivity index (χ4v) is 4.96. The zero-order valence-corrected chi connectivity index (χ0v) is 18.8. The summed E-state index contributed by atoms with van der Waals surface area (Å²) in [5.41, 5.74) is 5.79. The zero-order chi connectivity index (χ0) is 22.0. The third kappa shape index (κ3) is 4.32. The molecule has 0 bridgehead atoms. The molecule has 0 aliphatic carbocycles. The first kappa shape index (κ1) is 21.1. The Labute approximate surface area is 183 Å². The molecule has 158 valence electrons. The lowest BCUT2D eigenvalue weighted by molar-refractivity contribution is 0.596. The number of nitrogens with one attached hydrogen (secondary N) is 1. The largest absolute Gasteiger partial charge is 0.379 e. The molecule has 0 aliphatic heterocycles. The molecule has 1 N–H and O–H groups in total. The molecule has 0 atom stereocenters. The number of benzene rings is 3. The Hall–Kier alpha value is -3.18. The molecule has 0 unspecified atom stereocenters. The number of aryl methyl sites for hydroxylation is 3. The molecular weight excluding hydrogens is 404 g/mol. The van der Waals surface area contributed by atoms with Crippen molar-refractivity contribution in [3.63, 3.8) is 0 Å². The number of fused-ring (bicyclic) bond motifs is 1. The fraction of sp³-hybridized carbons (Fsp3) is 0.192. The highest BCUT2D eigenvalue weighted by Crippen LogP contribution is 2.34. The molecule has 4 aromatic rings. The molecule has 0 saturated carbocycles. The number of aromatic nitrogens is 1. The smallest absolute Gasteiger partial charge is 0.210 e. The monoisotopic (exact) mass is 430 g/mol. The Bertz CT molecular complexity index is 1330. The van der Waals surface area contributed by atoms with E-state index in [-0.39, 0.29) is 9.79 Å². The highest BCUT2D eigenvalue weighted by molar-refractivity contribution is 7.91. The van der Waals surface area contributed by atoms with Gasteiger partial charge in [-0.15, -0.1) is 0 Å². The molecule has 0 saturated heterocycles. The van der Waals surface area contributed by atoms with Crippen LogP contribution >= 0.6 is 0 Å². The van der Waals surface area contributed by atoms with Crippen LogP contribution in [0.2, 0.25) is 0 Å². The predicted octanol–water partition coefficient (Wildman–Crippen LogP) is 5.86. The summed E-state index contributed by atoms with van der Waals surface area (Å²) < 4.78 is 27.1. The van der Waals surface area contributed by atoms with Crippen LogP contribution in [0.4, 0.5) is 5.69 Å². The number of anilines is 1. The topological polar surface area (TPSA) is 59.1 Å². The van der Waals surface area contributed by atoms with Crippen LogP contribution in [0.5, 0.6) is 0 Å². The van der Waals surface area contributed by atoms with E-state index in [1.54, 1.807) is 12.1 Å². The lowest BCUT2D eigenvalue weighted by atomic mass is 10.1. The summed E-state index contributed by atoms with van der Waals surface area (Å²) in [5.74, 6) is 0. The molecule has 0 fully saturated rings. The average Bonchev–Trinajstić information content (AvgIpc) is 2.78. The van der Waals surface area contributed by atoms with E-state index < -0.39 is 9.84 Å². The van der Waals surface area contributed by atoms with Crippen molar-refractivity contribution in [2.24, 2.45) is 0 Å². The van der Waals surface area contributed by atoms with Crippen LogP contribution in [0.3, 0.4) is 0 Å². The van der Waals surface area contributed by atoms with E-state index in [2.05, 4.69) is 41.5 Å². The highest BCUT2D eigenvalue weighted by Gasteiger charge is 2.24. The summed E-state index contributed by atoms with van der Waals surface area (Å²) in [5, 5.41) is 4.23. The molecule has 3 aromatic carbocycles. The molecule has 1 aromatic heterocycles. The Balaban J connectivity index is 1.86. The molecular formula is C26H26N2O2S. The normalized spacial score (nSPS) is 11.6. The summed E-state index contributed by atoms with van der Waals surface area (Å²) >= 11 is 0. The van der Waals surface area contributed by atoms with Gasteiger partial charge in [-0.25, -0.2) is 8.42 Å². The van der Waals surface area contributed by atoms with Crippen LogP contribution in [-0.4, -0.2) is 13.4 Å². The molecule has 1 heterocycles. The molecule has 4 nitrogen and oxygen atoms in total. The van der Waals surface area contributed by atoms with Gasteiger partial charge in [-0.3, -0.25) is 4.98 Å². The van der Waals surface area contributed by atoms with Crippen molar-refractivity contribution in [1.29, 1.82) is 0 Å². The van der Waals surface area contributed by atoms with E-state index in [0.717, 1.165) is 34.0 Å². The van der Waals surface area contributed by atoms with Gasteiger partial charge in [0.05, 0.1) is 16.1 Å². The minimum atomic E-state index is -3.73. The second-order valence-electron chi connectivity index (χ2n) is 7.86. The van der Waals surface area contributed by atoms with Crippen molar-refractivity contribution in [2.75, 3.05) is 5.32 Å². The fourth-order valence-electron chi connectivity index (χ4n) is 3.57. The van der Waals surface area contributed by atoms with E-state index >= 15 is 0 Å². The molecule has 0 spiro atoms. The first-order valence-corrected chi connectivity index (χ1v) is 11.9. The summed E-state index contributed by atoms with van der Waals surface area (Å²) in [6, 6.07) is 21.2. The second kappa shape index (κ2) is 8.52. The van der Waals surface area contributed by atoms with Crippen LogP contribution < -0.4 is 5.32 Å². The van der Waals surface area contributed by atoms with Crippen LogP contribution in [0.25, 0.3) is 10.9 Å². The number of hydrogen-bond donors (Lipinski definition) is 1. The molecule has 0 radical (unpaired) electrons. The first-order chi connectivity index (χ1) is 14.9. The van der Waals surface area contributed by atoms with Crippen LogP contribution in [0.15, 0.2) is 82.7 Å². The standard InChI is InChI=1S/C26H26N2O2S/c1-4-20-11-14-24-23(15-20)26(28-16-21-9-5-18(2)6-10-21)25(17-27-24)31(29,30)22-12-7-19(3)8-13-22/h5-15,17H,4,16H2,1-3H3,(H,27,28). The Kier molecular flexibility index (Phi) is 5.79. The maximum absolute atomic E-state index is 13.5. The number of pyridine rings is 1. The van der Waals surface area contributed by atoms with Gasteiger partial charge in [-0.2, -0.15) is 0 Å². The van der Waals surface area contributed by atoms with Gasteiger partial charge in [0, 0.05) is 18.1 Å². The Morgan fingerprint density at radius 1 is 0.839 bits per heavy atom. The molecule has 5 heteroatoms. The lowest BCUT2D eigenvalue weighted by Crippen LogP contribution is -2.10. The van der Waals surface area contributed by atoms with Gasteiger partial charge in [0.1, 0.15) is 4.90 Å². The van der Waals surface area contributed by atoms with E-state index in [1.807, 2.05) is 44.2 Å². The number of rotatable bonds is 6. The number of hydrogen-bond acceptors (Lipinski definition) is 4. The van der Waals surface area contributed by atoms with E-state index in [1.165, 1.54) is 11.8 Å². The van der Waals surface area contributed by atoms with E-state index in [0.29, 0.717) is 12.2 Å².